The fourth-order valence-corrected chi connectivity index (χ4v) is 2.66. The lowest BCUT2D eigenvalue weighted by molar-refractivity contribution is -0.143. The Labute approximate surface area is 197 Å². The summed E-state index contributed by atoms with van der Waals surface area (Å²) in [5, 5.41) is 19.5. The van der Waals surface area contributed by atoms with E-state index in [2.05, 4.69) is 25.8 Å². The van der Waals surface area contributed by atoms with Crippen LogP contribution in [-0.2, 0) is 14.3 Å². The molecule has 3 rings (SSSR count). The van der Waals surface area contributed by atoms with Crippen LogP contribution in [0.3, 0.4) is 0 Å². The molecule has 0 radical (unpaired) electrons. The minimum absolute atomic E-state index is 0.124. The first-order valence-electron chi connectivity index (χ1n) is 10.7. The van der Waals surface area contributed by atoms with Crippen LogP contribution in [0.1, 0.15) is 20.3 Å². The number of amides is 1. The maximum Gasteiger partial charge on any atom is 0.305 e. The summed E-state index contributed by atoms with van der Waals surface area (Å²) in [7, 11) is 0. The summed E-state index contributed by atoms with van der Waals surface area (Å²) in [5.41, 5.74) is 3.41. The van der Waals surface area contributed by atoms with Crippen LogP contribution in [-0.4, -0.2) is 25.1 Å². The SMILES string of the molecule is CCC(=O)OCCOc1ccc(N=Nc2ccc(N=Nc3ccc(NC(C)=O)cc3)cc2)cc1. The largest absolute Gasteiger partial charge is 0.490 e. The molecule has 0 aromatic heterocycles. The van der Waals surface area contributed by atoms with E-state index in [1.54, 1.807) is 79.7 Å². The molecule has 3 aromatic carbocycles. The van der Waals surface area contributed by atoms with Gasteiger partial charge in [0.2, 0.25) is 5.91 Å². The number of carbonyl (C=O) groups excluding carboxylic acids is 2. The Morgan fingerprint density at radius 2 is 1.15 bits per heavy atom. The van der Waals surface area contributed by atoms with Gasteiger partial charge in [-0.15, -0.1) is 0 Å². The number of rotatable bonds is 10. The third-order valence-corrected chi connectivity index (χ3v) is 4.34. The van der Waals surface area contributed by atoms with Crippen molar-refractivity contribution in [3.05, 3.63) is 72.8 Å². The lowest BCUT2D eigenvalue weighted by atomic mass is 10.3. The second kappa shape index (κ2) is 12.6. The van der Waals surface area contributed by atoms with Crippen LogP contribution in [0.4, 0.5) is 28.4 Å². The second-order valence-corrected chi connectivity index (χ2v) is 7.06. The molecule has 9 heteroatoms. The average molecular weight is 460 g/mol. The fourth-order valence-electron chi connectivity index (χ4n) is 2.66. The average Bonchev–Trinajstić information content (AvgIpc) is 2.86. The van der Waals surface area contributed by atoms with E-state index in [9.17, 15) is 9.59 Å². The number of nitrogens with one attached hydrogen (secondary N) is 1. The third-order valence-electron chi connectivity index (χ3n) is 4.34. The molecular formula is C25H25N5O4. The Bertz CT molecular complexity index is 1140. The predicted molar refractivity (Wildman–Crippen MR) is 129 cm³/mol. The molecule has 1 amide bonds. The second-order valence-electron chi connectivity index (χ2n) is 7.06. The first kappa shape index (κ1) is 24.2. The lowest BCUT2D eigenvalue weighted by Gasteiger charge is -2.06. The summed E-state index contributed by atoms with van der Waals surface area (Å²) in [6.45, 7) is 3.71. The van der Waals surface area contributed by atoms with Gasteiger partial charge in [-0.05, 0) is 72.8 Å². The van der Waals surface area contributed by atoms with E-state index < -0.39 is 0 Å². The van der Waals surface area contributed by atoms with Crippen molar-refractivity contribution in [1.29, 1.82) is 0 Å². The van der Waals surface area contributed by atoms with Crippen molar-refractivity contribution in [3.63, 3.8) is 0 Å². The van der Waals surface area contributed by atoms with E-state index in [1.807, 2.05) is 0 Å². The zero-order chi connectivity index (χ0) is 24.2. The monoisotopic (exact) mass is 459 g/mol. The molecule has 0 heterocycles. The van der Waals surface area contributed by atoms with Crippen LogP contribution < -0.4 is 10.1 Å². The quantitative estimate of drug-likeness (QED) is 0.204. The maximum atomic E-state index is 11.1. The summed E-state index contributed by atoms with van der Waals surface area (Å²) >= 11 is 0. The normalized spacial score (nSPS) is 11.0. The van der Waals surface area contributed by atoms with Crippen LogP contribution in [0.25, 0.3) is 0 Å². The summed E-state index contributed by atoms with van der Waals surface area (Å²) in [6.07, 6.45) is 0.350. The number of ether oxygens (including phenoxy) is 2. The molecule has 0 atom stereocenters. The highest BCUT2D eigenvalue weighted by Gasteiger charge is 2.00. The van der Waals surface area contributed by atoms with E-state index in [0.717, 1.165) is 0 Å². The Morgan fingerprint density at radius 1 is 0.706 bits per heavy atom. The molecule has 9 nitrogen and oxygen atoms in total. The molecule has 0 aliphatic heterocycles. The number of azo groups is 2. The molecule has 1 N–H and O–H groups in total. The molecule has 0 spiro atoms. The van der Waals surface area contributed by atoms with E-state index >= 15 is 0 Å². The molecule has 34 heavy (non-hydrogen) atoms. The number of carbonyl (C=O) groups is 2. The zero-order valence-electron chi connectivity index (χ0n) is 19.0. The summed E-state index contributed by atoms with van der Waals surface area (Å²) < 4.78 is 10.5. The van der Waals surface area contributed by atoms with Gasteiger partial charge in [0.25, 0.3) is 0 Å². The summed E-state index contributed by atoms with van der Waals surface area (Å²) in [6, 6.07) is 21.4. The van der Waals surface area contributed by atoms with Crippen molar-refractivity contribution in [2.75, 3.05) is 18.5 Å². The van der Waals surface area contributed by atoms with E-state index in [-0.39, 0.29) is 18.5 Å². The topological polar surface area (TPSA) is 114 Å². The smallest absolute Gasteiger partial charge is 0.305 e. The molecule has 3 aromatic rings. The first-order chi connectivity index (χ1) is 16.5. The molecule has 0 aliphatic carbocycles. The molecule has 174 valence electrons. The van der Waals surface area contributed by atoms with Crippen LogP contribution >= 0.6 is 0 Å². The molecule has 0 unspecified atom stereocenters. The number of benzene rings is 3. The van der Waals surface area contributed by atoms with Gasteiger partial charge >= 0.3 is 5.97 Å². The summed E-state index contributed by atoms with van der Waals surface area (Å²) in [5.74, 6) is 0.289. The van der Waals surface area contributed by atoms with Crippen LogP contribution in [0, 0.1) is 0 Å². The number of hydrogen-bond donors (Lipinski definition) is 1. The summed E-state index contributed by atoms with van der Waals surface area (Å²) in [4.78, 5) is 22.1. The van der Waals surface area contributed by atoms with Crippen molar-refractivity contribution in [1.82, 2.24) is 0 Å². The minimum Gasteiger partial charge on any atom is -0.490 e. The maximum absolute atomic E-state index is 11.1. The van der Waals surface area contributed by atoms with Crippen LogP contribution in [0.15, 0.2) is 93.3 Å². The Morgan fingerprint density at radius 3 is 1.59 bits per heavy atom. The van der Waals surface area contributed by atoms with E-state index in [0.29, 0.717) is 47.2 Å². The first-order valence-corrected chi connectivity index (χ1v) is 10.7. The molecule has 0 bridgehead atoms. The van der Waals surface area contributed by atoms with Gasteiger partial charge in [-0.1, -0.05) is 6.92 Å². The third kappa shape index (κ3) is 8.27. The number of esters is 1. The van der Waals surface area contributed by atoms with Crippen molar-refractivity contribution < 1.29 is 19.1 Å². The molecule has 0 fully saturated rings. The molecular weight excluding hydrogens is 434 g/mol. The van der Waals surface area contributed by atoms with Crippen LogP contribution in [0.5, 0.6) is 5.75 Å². The highest BCUT2D eigenvalue weighted by molar-refractivity contribution is 5.88. The van der Waals surface area contributed by atoms with Crippen molar-refractivity contribution >= 4 is 40.3 Å². The fraction of sp³-hybridized carbons (Fsp3) is 0.200. The zero-order valence-corrected chi connectivity index (χ0v) is 19.0. The van der Waals surface area contributed by atoms with Crippen LogP contribution in [0.2, 0.25) is 0 Å². The Balaban J connectivity index is 1.49. The van der Waals surface area contributed by atoms with Gasteiger partial charge in [0.15, 0.2) is 0 Å². The van der Waals surface area contributed by atoms with Gasteiger partial charge in [-0.25, -0.2) is 0 Å². The molecule has 0 aliphatic rings. The molecule has 0 saturated heterocycles. The van der Waals surface area contributed by atoms with Gasteiger partial charge in [-0.2, -0.15) is 20.5 Å². The van der Waals surface area contributed by atoms with E-state index in [4.69, 9.17) is 9.47 Å². The lowest BCUT2D eigenvalue weighted by Crippen LogP contribution is -2.11. The Kier molecular flexibility index (Phi) is 8.98. The predicted octanol–water partition coefficient (Wildman–Crippen LogP) is 6.81. The number of nitrogens with zero attached hydrogens (tertiary/aromatic N) is 4. The van der Waals surface area contributed by atoms with Gasteiger partial charge < -0.3 is 14.8 Å². The van der Waals surface area contributed by atoms with Gasteiger partial charge in [0, 0.05) is 19.0 Å². The number of anilines is 1. The van der Waals surface area contributed by atoms with Crippen molar-refractivity contribution in [2.24, 2.45) is 20.5 Å². The van der Waals surface area contributed by atoms with Crippen molar-refractivity contribution in [3.8, 4) is 5.75 Å². The highest BCUT2D eigenvalue weighted by Crippen LogP contribution is 2.25. The highest BCUT2D eigenvalue weighted by atomic mass is 16.6. The van der Waals surface area contributed by atoms with E-state index in [1.165, 1.54) is 6.92 Å². The minimum atomic E-state index is -0.245. The van der Waals surface area contributed by atoms with Gasteiger partial charge in [0.1, 0.15) is 19.0 Å². The van der Waals surface area contributed by atoms with Gasteiger partial charge in [-0.3, -0.25) is 9.59 Å². The molecule has 0 saturated carbocycles. The number of hydrogen-bond acceptors (Lipinski definition) is 8. The standard InChI is InChI=1S/C25H25N5O4/c1-3-25(32)34-17-16-33-24-14-12-23(13-15-24)30-29-22-10-8-21(9-11-22)28-27-20-6-4-19(5-7-20)26-18(2)31/h4-15H,3,16-17H2,1-2H3,(H,26,31). The van der Waals surface area contributed by atoms with Gasteiger partial charge in [0.05, 0.1) is 22.7 Å². The van der Waals surface area contributed by atoms with Crippen molar-refractivity contribution in [2.45, 2.75) is 20.3 Å². The Hall–Kier alpha value is -4.40.